The molecule has 1 unspecified atom stereocenters. The minimum Gasteiger partial charge on any atom is -0.493 e. The average Bonchev–Trinajstić information content (AvgIpc) is 2.61. The van der Waals surface area contributed by atoms with E-state index in [-0.39, 0.29) is 6.61 Å². The first-order valence-corrected chi connectivity index (χ1v) is 9.93. The fourth-order valence-corrected chi connectivity index (χ4v) is 2.72. The third kappa shape index (κ3) is 7.75. The molecule has 0 amide bonds. The molecule has 6 heteroatoms. The summed E-state index contributed by atoms with van der Waals surface area (Å²) in [5.41, 5.74) is 1.16. The van der Waals surface area contributed by atoms with Crippen LogP contribution in [0, 0.1) is 0 Å². The molecule has 0 saturated heterocycles. The first-order valence-electron chi connectivity index (χ1n) is 8.54. The summed E-state index contributed by atoms with van der Waals surface area (Å²) in [5, 5.41) is 13.5. The lowest BCUT2D eigenvalue weighted by molar-refractivity contribution is 0.0705. The Bertz CT molecular complexity index is 456. The summed E-state index contributed by atoms with van der Waals surface area (Å²) in [7, 11) is 1.64. The lowest BCUT2D eigenvalue weighted by Crippen LogP contribution is -2.35. The van der Waals surface area contributed by atoms with Gasteiger partial charge in [0, 0.05) is 25.4 Å². The van der Waals surface area contributed by atoms with Crippen molar-refractivity contribution < 1.29 is 14.6 Å². The normalized spacial score (nSPS) is 12.4. The highest BCUT2D eigenvalue weighted by atomic mass is 32.2. The maximum Gasteiger partial charge on any atom is 0.161 e. The quantitative estimate of drug-likeness (QED) is 0.529. The van der Waals surface area contributed by atoms with E-state index in [0.717, 1.165) is 37.5 Å². The predicted octanol–water partition coefficient (Wildman–Crippen LogP) is 2.23. The third-order valence-corrected chi connectivity index (χ3v) is 4.45. The Morgan fingerprint density at radius 1 is 1.25 bits per heavy atom. The Labute approximate surface area is 150 Å². The standard InChI is InChI=1S/C18H32N2O3S/c1-5-20(6-2)13-16(21)14-23-17-8-7-15(11-18(17)22-3)12-19-9-10-24-4/h7-8,11,16,19,21H,5-6,9-10,12-14H2,1-4H3. The molecule has 0 fully saturated rings. The number of ether oxygens (including phenoxy) is 2. The summed E-state index contributed by atoms with van der Waals surface area (Å²) in [4.78, 5) is 2.18. The molecule has 0 radical (unpaired) electrons. The van der Waals surface area contributed by atoms with Gasteiger partial charge in [-0.05, 0) is 37.0 Å². The van der Waals surface area contributed by atoms with E-state index in [0.29, 0.717) is 18.0 Å². The molecule has 1 aromatic carbocycles. The number of aliphatic hydroxyl groups excluding tert-OH is 1. The third-order valence-electron chi connectivity index (χ3n) is 3.83. The second-order valence-electron chi connectivity index (χ2n) is 5.61. The van der Waals surface area contributed by atoms with Gasteiger partial charge in [-0.15, -0.1) is 0 Å². The Balaban J connectivity index is 2.52. The Morgan fingerprint density at radius 3 is 2.62 bits per heavy atom. The van der Waals surface area contributed by atoms with Crippen LogP contribution in [0.15, 0.2) is 18.2 Å². The van der Waals surface area contributed by atoms with Gasteiger partial charge in [0.05, 0.1) is 7.11 Å². The van der Waals surface area contributed by atoms with E-state index in [2.05, 4.69) is 30.3 Å². The van der Waals surface area contributed by atoms with E-state index < -0.39 is 6.10 Å². The van der Waals surface area contributed by atoms with Crippen molar-refractivity contribution in [1.82, 2.24) is 10.2 Å². The Kier molecular flexibility index (Phi) is 10.9. The zero-order valence-electron chi connectivity index (χ0n) is 15.4. The van der Waals surface area contributed by atoms with E-state index >= 15 is 0 Å². The molecular weight excluding hydrogens is 324 g/mol. The predicted molar refractivity (Wildman–Crippen MR) is 102 cm³/mol. The lowest BCUT2D eigenvalue weighted by Gasteiger charge is -2.22. The van der Waals surface area contributed by atoms with E-state index in [1.807, 2.05) is 30.0 Å². The van der Waals surface area contributed by atoms with Gasteiger partial charge in [-0.25, -0.2) is 0 Å². The van der Waals surface area contributed by atoms with Crippen LogP contribution in [-0.2, 0) is 6.54 Å². The number of aliphatic hydroxyl groups is 1. The summed E-state index contributed by atoms with van der Waals surface area (Å²) < 4.78 is 11.2. The first kappa shape index (κ1) is 21.1. The highest BCUT2D eigenvalue weighted by Gasteiger charge is 2.12. The molecule has 0 spiro atoms. The van der Waals surface area contributed by atoms with Crippen molar-refractivity contribution in [3.05, 3.63) is 23.8 Å². The molecule has 24 heavy (non-hydrogen) atoms. The van der Waals surface area contributed by atoms with Crippen LogP contribution < -0.4 is 14.8 Å². The van der Waals surface area contributed by atoms with Crippen molar-refractivity contribution in [1.29, 1.82) is 0 Å². The maximum absolute atomic E-state index is 10.1. The van der Waals surface area contributed by atoms with Crippen molar-refractivity contribution in [2.45, 2.75) is 26.5 Å². The Hall–Kier alpha value is -0.950. The molecule has 0 heterocycles. The van der Waals surface area contributed by atoms with Gasteiger partial charge in [0.2, 0.25) is 0 Å². The second-order valence-corrected chi connectivity index (χ2v) is 6.59. The van der Waals surface area contributed by atoms with Gasteiger partial charge in [0.25, 0.3) is 0 Å². The number of likely N-dealkylation sites (N-methyl/N-ethyl adjacent to an activating group) is 1. The van der Waals surface area contributed by atoms with Crippen LogP contribution in [0.1, 0.15) is 19.4 Å². The van der Waals surface area contributed by atoms with Crippen molar-refractivity contribution in [3.63, 3.8) is 0 Å². The number of hydrogen-bond donors (Lipinski definition) is 2. The van der Waals surface area contributed by atoms with Crippen molar-refractivity contribution in [2.75, 3.05) is 51.9 Å². The monoisotopic (exact) mass is 356 g/mol. The van der Waals surface area contributed by atoms with E-state index in [1.54, 1.807) is 7.11 Å². The molecule has 0 bridgehead atoms. The smallest absolute Gasteiger partial charge is 0.161 e. The summed E-state index contributed by atoms with van der Waals surface area (Å²) in [5.74, 6) is 2.47. The summed E-state index contributed by atoms with van der Waals surface area (Å²) in [6.07, 6.45) is 1.59. The fourth-order valence-electron chi connectivity index (χ4n) is 2.37. The molecule has 0 aromatic heterocycles. The lowest BCUT2D eigenvalue weighted by atomic mass is 10.2. The van der Waals surface area contributed by atoms with Crippen LogP contribution in [0.2, 0.25) is 0 Å². The van der Waals surface area contributed by atoms with E-state index in [4.69, 9.17) is 9.47 Å². The van der Waals surface area contributed by atoms with Crippen LogP contribution in [-0.4, -0.2) is 68.0 Å². The van der Waals surface area contributed by atoms with Gasteiger partial charge in [0.1, 0.15) is 12.7 Å². The van der Waals surface area contributed by atoms with Crippen molar-refractivity contribution in [2.24, 2.45) is 0 Å². The minimum atomic E-state index is -0.512. The van der Waals surface area contributed by atoms with Crippen LogP contribution in [0.25, 0.3) is 0 Å². The number of nitrogens with one attached hydrogen (secondary N) is 1. The van der Waals surface area contributed by atoms with Crippen molar-refractivity contribution in [3.8, 4) is 11.5 Å². The zero-order chi connectivity index (χ0) is 17.8. The van der Waals surface area contributed by atoms with E-state index in [1.165, 1.54) is 0 Å². The maximum atomic E-state index is 10.1. The number of thioether (sulfide) groups is 1. The topological polar surface area (TPSA) is 54.0 Å². The molecule has 1 rings (SSSR count). The number of nitrogens with zero attached hydrogens (tertiary/aromatic N) is 1. The fraction of sp³-hybridized carbons (Fsp3) is 0.667. The number of hydrogen-bond acceptors (Lipinski definition) is 6. The molecule has 5 nitrogen and oxygen atoms in total. The molecule has 0 aliphatic carbocycles. The van der Waals surface area contributed by atoms with Crippen LogP contribution in [0.5, 0.6) is 11.5 Å². The van der Waals surface area contributed by atoms with Crippen molar-refractivity contribution >= 4 is 11.8 Å². The summed E-state index contributed by atoms with van der Waals surface area (Å²) in [6.45, 7) is 8.70. The number of benzene rings is 1. The van der Waals surface area contributed by atoms with Crippen LogP contribution in [0.4, 0.5) is 0 Å². The van der Waals surface area contributed by atoms with Gasteiger partial charge < -0.3 is 24.8 Å². The molecular formula is C18H32N2O3S. The molecule has 0 aliphatic rings. The van der Waals surface area contributed by atoms with Crippen LogP contribution in [0.3, 0.4) is 0 Å². The summed E-state index contributed by atoms with van der Waals surface area (Å²) in [6, 6.07) is 5.92. The second kappa shape index (κ2) is 12.4. The summed E-state index contributed by atoms with van der Waals surface area (Å²) >= 11 is 1.83. The molecule has 1 aromatic rings. The largest absolute Gasteiger partial charge is 0.493 e. The molecule has 2 N–H and O–H groups in total. The highest BCUT2D eigenvalue weighted by molar-refractivity contribution is 7.98. The van der Waals surface area contributed by atoms with Gasteiger partial charge in [-0.1, -0.05) is 19.9 Å². The van der Waals surface area contributed by atoms with Gasteiger partial charge in [-0.2, -0.15) is 11.8 Å². The average molecular weight is 357 g/mol. The molecule has 138 valence electrons. The Morgan fingerprint density at radius 2 is 2.00 bits per heavy atom. The van der Waals surface area contributed by atoms with Gasteiger partial charge in [-0.3, -0.25) is 0 Å². The number of methoxy groups -OCH3 is 1. The molecule has 0 aliphatic heterocycles. The van der Waals surface area contributed by atoms with Gasteiger partial charge in [0.15, 0.2) is 11.5 Å². The van der Waals surface area contributed by atoms with E-state index in [9.17, 15) is 5.11 Å². The first-order chi connectivity index (χ1) is 11.6. The zero-order valence-corrected chi connectivity index (χ0v) is 16.2. The van der Waals surface area contributed by atoms with Crippen LogP contribution >= 0.6 is 11.8 Å². The van der Waals surface area contributed by atoms with Gasteiger partial charge >= 0.3 is 0 Å². The molecule has 1 atom stereocenters. The highest BCUT2D eigenvalue weighted by Crippen LogP contribution is 2.28. The number of rotatable bonds is 13. The minimum absolute atomic E-state index is 0.262. The SMILES string of the molecule is CCN(CC)CC(O)COc1ccc(CNCCSC)cc1OC. The molecule has 0 saturated carbocycles.